The van der Waals surface area contributed by atoms with Crippen molar-refractivity contribution in [2.24, 2.45) is 0 Å². The fraction of sp³-hybridized carbons (Fsp3) is 0.375. The van der Waals surface area contributed by atoms with Crippen LogP contribution in [0.15, 0.2) is 10.8 Å². The number of ether oxygens (including phenoxy) is 1. The van der Waals surface area contributed by atoms with Gasteiger partial charge in [-0.2, -0.15) is 0 Å². The lowest BCUT2D eigenvalue weighted by Gasteiger charge is -2.06. The summed E-state index contributed by atoms with van der Waals surface area (Å²) in [6, 6.07) is 0. The lowest BCUT2D eigenvalue weighted by molar-refractivity contribution is 0.0518. The van der Waals surface area contributed by atoms with Gasteiger partial charge in [0.15, 0.2) is 5.69 Å². The normalized spacial score (nSPS) is 9.64. The van der Waals surface area contributed by atoms with Crippen molar-refractivity contribution in [3.8, 4) is 0 Å². The highest BCUT2D eigenvalue weighted by molar-refractivity contribution is 9.10. The van der Waals surface area contributed by atoms with Crippen LogP contribution in [0.3, 0.4) is 0 Å². The van der Waals surface area contributed by atoms with Crippen LogP contribution in [0, 0.1) is 0 Å². The smallest absolute Gasteiger partial charge is 0.358 e. The Kier molecular flexibility index (Phi) is 3.82. The molecular weight excluding hydrogens is 250 g/mol. The third-order valence-corrected chi connectivity index (χ3v) is 2.25. The van der Waals surface area contributed by atoms with E-state index in [1.807, 2.05) is 0 Å². The van der Waals surface area contributed by atoms with E-state index in [9.17, 15) is 4.79 Å². The Morgan fingerprint density at radius 2 is 2.36 bits per heavy atom. The average Bonchev–Trinajstić information content (AvgIpc) is 2.18. The molecule has 0 radical (unpaired) electrons. The molecule has 0 bridgehead atoms. The highest BCUT2D eigenvalue weighted by Gasteiger charge is 2.15. The molecule has 0 aliphatic carbocycles. The van der Waals surface area contributed by atoms with Crippen molar-refractivity contribution in [3.63, 3.8) is 0 Å². The standard InChI is InChI=1S/C8H10BrN3O2/c1-3-14-8(13)6-5(9)7(10-2)12-4-11-6/h4H,3H2,1-2H3,(H,10,11,12). The number of esters is 1. The van der Waals surface area contributed by atoms with Gasteiger partial charge < -0.3 is 10.1 Å². The van der Waals surface area contributed by atoms with Crippen LogP contribution in [0.2, 0.25) is 0 Å². The predicted molar refractivity (Wildman–Crippen MR) is 55.2 cm³/mol. The molecule has 5 nitrogen and oxygen atoms in total. The number of nitrogens with one attached hydrogen (secondary N) is 1. The van der Waals surface area contributed by atoms with E-state index in [2.05, 4.69) is 31.2 Å². The summed E-state index contributed by atoms with van der Waals surface area (Å²) in [5.74, 6) is 0.0985. The summed E-state index contributed by atoms with van der Waals surface area (Å²) in [6.45, 7) is 2.07. The van der Waals surface area contributed by atoms with Crippen LogP contribution < -0.4 is 5.32 Å². The van der Waals surface area contributed by atoms with Crippen LogP contribution in [0.5, 0.6) is 0 Å². The van der Waals surface area contributed by atoms with E-state index >= 15 is 0 Å². The van der Waals surface area contributed by atoms with Crippen molar-refractivity contribution in [1.29, 1.82) is 0 Å². The molecule has 0 saturated heterocycles. The minimum atomic E-state index is -0.460. The molecule has 1 heterocycles. The summed E-state index contributed by atoms with van der Waals surface area (Å²) in [6.07, 6.45) is 1.31. The van der Waals surface area contributed by atoms with Crippen LogP contribution in [0.1, 0.15) is 17.4 Å². The van der Waals surface area contributed by atoms with Gasteiger partial charge in [0, 0.05) is 7.05 Å². The number of rotatable bonds is 3. The van der Waals surface area contributed by atoms with Crippen molar-refractivity contribution in [3.05, 3.63) is 16.5 Å². The quantitative estimate of drug-likeness (QED) is 0.833. The fourth-order valence-corrected chi connectivity index (χ4v) is 1.45. The topological polar surface area (TPSA) is 64.1 Å². The van der Waals surface area contributed by atoms with E-state index in [0.717, 1.165) is 0 Å². The molecule has 0 aliphatic heterocycles. The van der Waals surface area contributed by atoms with Crippen molar-refractivity contribution >= 4 is 27.7 Å². The van der Waals surface area contributed by atoms with Gasteiger partial charge in [-0.1, -0.05) is 0 Å². The second-order valence-electron chi connectivity index (χ2n) is 2.36. The molecule has 0 fully saturated rings. The molecule has 0 saturated carbocycles. The van der Waals surface area contributed by atoms with Gasteiger partial charge in [-0.3, -0.25) is 0 Å². The third kappa shape index (κ3) is 2.20. The van der Waals surface area contributed by atoms with Gasteiger partial charge in [0.05, 0.1) is 11.1 Å². The largest absolute Gasteiger partial charge is 0.461 e. The van der Waals surface area contributed by atoms with Gasteiger partial charge in [0.25, 0.3) is 0 Å². The van der Waals surface area contributed by atoms with E-state index in [0.29, 0.717) is 16.9 Å². The minimum absolute atomic E-state index is 0.228. The first-order valence-corrected chi connectivity index (χ1v) is 4.85. The zero-order chi connectivity index (χ0) is 10.6. The summed E-state index contributed by atoms with van der Waals surface area (Å²) in [4.78, 5) is 19.1. The fourth-order valence-electron chi connectivity index (χ4n) is 0.886. The summed E-state index contributed by atoms with van der Waals surface area (Å²) >= 11 is 3.22. The maximum absolute atomic E-state index is 11.4. The third-order valence-electron chi connectivity index (χ3n) is 1.50. The molecule has 0 spiro atoms. The Morgan fingerprint density at radius 3 is 2.93 bits per heavy atom. The van der Waals surface area contributed by atoms with E-state index < -0.39 is 5.97 Å². The first-order valence-electron chi connectivity index (χ1n) is 4.06. The van der Waals surface area contributed by atoms with E-state index in [1.54, 1.807) is 14.0 Å². The molecule has 0 aliphatic rings. The Morgan fingerprint density at radius 1 is 1.64 bits per heavy atom. The molecule has 0 atom stereocenters. The van der Waals surface area contributed by atoms with Crippen LogP contribution in [-0.2, 0) is 4.74 Å². The maximum atomic E-state index is 11.4. The van der Waals surface area contributed by atoms with Gasteiger partial charge in [0.2, 0.25) is 0 Å². The summed E-state index contributed by atoms with van der Waals surface area (Å²) in [5.41, 5.74) is 0.228. The second-order valence-corrected chi connectivity index (χ2v) is 3.15. The van der Waals surface area contributed by atoms with Gasteiger partial charge in [-0.15, -0.1) is 0 Å². The molecule has 0 aromatic carbocycles. The molecule has 1 aromatic rings. The van der Waals surface area contributed by atoms with Crippen LogP contribution in [0.4, 0.5) is 5.82 Å². The first kappa shape index (κ1) is 10.9. The van der Waals surface area contributed by atoms with E-state index in [1.165, 1.54) is 6.33 Å². The number of halogens is 1. The number of aromatic nitrogens is 2. The molecule has 76 valence electrons. The van der Waals surface area contributed by atoms with Crippen molar-refractivity contribution in [2.45, 2.75) is 6.92 Å². The van der Waals surface area contributed by atoms with Gasteiger partial charge in [-0.05, 0) is 22.9 Å². The number of anilines is 1. The van der Waals surface area contributed by atoms with Gasteiger partial charge in [-0.25, -0.2) is 14.8 Å². The second kappa shape index (κ2) is 4.90. The summed E-state index contributed by atoms with van der Waals surface area (Å²) in [5, 5.41) is 2.83. The molecule has 14 heavy (non-hydrogen) atoms. The molecule has 0 amide bonds. The predicted octanol–water partition coefficient (Wildman–Crippen LogP) is 1.46. The first-order chi connectivity index (χ1) is 6.70. The van der Waals surface area contributed by atoms with Crippen LogP contribution in [0.25, 0.3) is 0 Å². The highest BCUT2D eigenvalue weighted by Crippen LogP contribution is 2.22. The molecule has 1 rings (SSSR count). The number of nitrogens with zero attached hydrogens (tertiary/aromatic N) is 2. The lowest BCUT2D eigenvalue weighted by atomic mass is 10.4. The summed E-state index contributed by atoms with van der Waals surface area (Å²) in [7, 11) is 1.71. The van der Waals surface area contributed by atoms with Crippen molar-refractivity contribution < 1.29 is 9.53 Å². The molecule has 1 N–H and O–H groups in total. The van der Waals surface area contributed by atoms with Crippen LogP contribution >= 0.6 is 15.9 Å². The number of hydrogen-bond acceptors (Lipinski definition) is 5. The molecular formula is C8H10BrN3O2. The van der Waals surface area contributed by atoms with Crippen molar-refractivity contribution in [2.75, 3.05) is 19.0 Å². The van der Waals surface area contributed by atoms with E-state index in [-0.39, 0.29) is 5.69 Å². The molecule has 6 heteroatoms. The SMILES string of the molecule is CCOC(=O)c1ncnc(NC)c1Br. The Hall–Kier alpha value is -1.17. The lowest BCUT2D eigenvalue weighted by Crippen LogP contribution is -2.10. The van der Waals surface area contributed by atoms with Crippen molar-refractivity contribution in [1.82, 2.24) is 9.97 Å². The molecule has 0 unspecified atom stereocenters. The highest BCUT2D eigenvalue weighted by atomic mass is 79.9. The number of hydrogen-bond donors (Lipinski definition) is 1. The van der Waals surface area contributed by atoms with Crippen LogP contribution in [-0.4, -0.2) is 29.6 Å². The Balaban J connectivity index is 3.03. The zero-order valence-electron chi connectivity index (χ0n) is 7.87. The monoisotopic (exact) mass is 259 g/mol. The molecule has 1 aromatic heterocycles. The summed E-state index contributed by atoms with van der Waals surface area (Å²) < 4.78 is 5.34. The minimum Gasteiger partial charge on any atom is -0.461 e. The maximum Gasteiger partial charge on any atom is 0.358 e. The number of carbonyl (C=O) groups is 1. The Bertz CT molecular complexity index is 343. The van der Waals surface area contributed by atoms with E-state index in [4.69, 9.17) is 4.74 Å². The average molecular weight is 260 g/mol. The zero-order valence-corrected chi connectivity index (χ0v) is 9.46. The number of carbonyl (C=O) groups excluding carboxylic acids is 1. The van der Waals surface area contributed by atoms with Gasteiger partial charge in [0.1, 0.15) is 12.1 Å². The van der Waals surface area contributed by atoms with Gasteiger partial charge >= 0.3 is 5.97 Å². The Labute approximate surface area is 90.0 Å².